The lowest BCUT2D eigenvalue weighted by atomic mass is 9.73. The van der Waals surface area contributed by atoms with Gasteiger partial charge in [-0.05, 0) is 67.7 Å². The highest BCUT2D eigenvalue weighted by Gasteiger charge is 2.28. The Kier molecular flexibility index (Phi) is 4.62. The number of hydrogen-bond acceptors (Lipinski definition) is 1. The molecule has 2 atom stereocenters. The Morgan fingerprint density at radius 2 is 1.38 bits per heavy atom. The second-order valence-corrected chi connectivity index (χ2v) is 11.2. The molecule has 1 heterocycles. The fourth-order valence-corrected chi connectivity index (χ4v) is 7.46. The maximum atomic E-state index is 2.49. The van der Waals surface area contributed by atoms with Gasteiger partial charge in [-0.15, -0.1) is 11.3 Å². The fourth-order valence-electron chi connectivity index (χ4n) is 6.31. The molecule has 2 aliphatic rings. The normalized spacial score (nSPS) is 18.2. The smallest absolute Gasteiger partial charge is 0.0361 e. The Morgan fingerprint density at radius 1 is 0.568 bits per heavy atom. The molecule has 5 aromatic carbocycles. The van der Waals surface area contributed by atoms with Crippen molar-refractivity contribution in [1.29, 1.82) is 0 Å². The second kappa shape index (κ2) is 8.16. The maximum absolute atomic E-state index is 2.49. The van der Waals surface area contributed by atoms with Crippen LogP contribution in [0.15, 0.2) is 127 Å². The summed E-state index contributed by atoms with van der Waals surface area (Å²) in [6.07, 6.45) is 11.6. The fraction of sp³-hybridized carbons (Fsp3) is 0.0556. The molecule has 0 nitrogen and oxygen atoms in total. The van der Waals surface area contributed by atoms with E-state index < -0.39 is 0 Å². The van der Waals surface area contributed by atoms with Gasteiger partial charge in [-0.1, -0.05) is 109 Å². The minimum atomic E-state index is 0.281. The zero-order valence-corrected chi connectivity index (χ0v) is 21.1. The maximum Gasteiger partial charge on any atom is 0.0361 e. The molecule has 6 aromatic rings. The van der Waals surface area contributed by atoms with Crippen LogP contribution < -0.4 is 10.4 Å². The van der Waals surface area contributed by atoms with E-state index in [0.717, 1.165) is 0 Å². The molecular weight excluding hydrogens is 464 g/mol. The Bertz CT molecular complexity index is 2050. The summed E-state index contributed by atoms with van der Waals surface area (Å²) in [5, 5.41) is 8.04. The molecule has 0 spiro atoms. The molecular formula is C36H24S. The van der Waals surface area contributed by atoms with E-state index in [1.54, 1.807) is 0 Å². The van der Waals surface area contributed by atoms with E-state index in [2.05, 4.69) is 134 Å². The van der Waals surface area contributed by atoms with Crippen LogP contribution in [0.25, 0.3) is 53.7 Å². The molecule has 0 fully saturated rings. The van der Waals surface area contributed by atoms with Crippen molar-refractivity contribution < 1.29 is 0 Å². The minimum Gasteiger partial charge on any atom is -0.135 e. The van der Waals surface area contributed by atoms with E-state index in [4.69, 9.17) is 0 Å². The molecule has 2 aliphatic carbocycles. The second-order valence-electron chi connectivity index (χ2n) is 10.1. The van der Waals surface area contributed by atoms with Crippen molar-refractivity contribution in [3.63, 3.8) is 0 Å². The van der Waals surface area contributed by atoms with E-state index in [1.807, 2.05) is 11.3 Å². The van der Waals surface area contributed by atoms with Crippen LogP contribution in [0.4, 0.5) is 0 Å². The molecule has 0 saturated heterocycles. The average molecular weight is 489 g/mol. The van der Waals surface area contributed by atoms with Crippen molar-refractivity contribution >= 4 is 53.9 Å². The molecule has 8 rings (SSSR count). The molecule has 0 amide bonds. The Labute approximate surface area is 219 Å². The highest BCUT2D eigenvalue weighted by molar-refractivity contribution is 7.25. The Hall–Kier alpha value is -4.20. The lowest BCUT2D eigenvalue weighted by Gasteiger charge is -2.30. The van der Waals surface area contributed by atoms with Crippen LogP contribution in [0.1, 0.15) is 11.5 Å². The van der Waals surface area contributed by atoms with Crippen molar-refractivity contribution in [3.05, 3.63) is 143 Å². The first-order valence-corrected chi connectivity index (χ1v) is 13.8. The average Bonchev–Trinajstić information content (AvgIpc) is 3.34. The van der Waals surface area contributed by atoms with Crippen LogP contribution in [0.5, 0.6) is 0 Å². The molecule has 37 heavy (non-hydrogen) atoms. The summed E-state index contributed by atoms with van der Waals surface area (Å²) < 4.78 is 2.70. The molecule has 2 unspecified atom stereocenters. The van der Waals surface area contributed by atoms with Gasteiger partial charge >= 0.3 is 0 Å². The third-order valence-corrected chi connectivity index (χ3v) is 9.18. The van der Waals surface area contributed by atoms with Crippen molar-refractivity contribution in [2.24, 2.45) is 5.92 Å². The number of allylic oxidation sites excluding steroid dienone is 4. The summed E-state index contributed by atoms with van der Waals surface area (Å²) in [5.41, 5.74) is 5.40. The van der Waals surface area contributed by atoms with Crippen molar-refractivity contribution in [1.82, 2.24) is 0 Å². The molecule has 0 aliphatic heterocycles. The molecule has 0 bridgehead atoms. The first kappa shape index (κ1) is 20.9. The van der Waals surface area contributed by atoms with Gasteiger partial charge < -0.3 is 0 Å². The van der Waals surface area contributed by atoms with Crippen molar-refractivity contribution in [2.75, 3.05) is 0 Å². The SMILES string of the molecule is C1=CC2=c3ccccc3=CC(c3cc(-c4ccc5c(c4)sc4ccccc45)cc4ccccc34)C2C=C1. The topological polar surface area (TPSA) is 0 Å². The predicted octanol–water partition coefficient (Wildman–Crippen LogP) is 8.35. The number of hydrogen-bond donors (Lipinski definition) is 0. The first-order chi connectivity index (χ1) is 18.3. The third-order valence-electron chi connectivity index (χ3n) is 8.05. The highest BCUT2D eigenvalue weighted by atomic mass is 32.1. The van der Waals surface area contributed by atoms with Gasteiger partial charge in [0.25, 0.3) is 0 Å². The van der Waals surface area contributed by atoms with Crippen LogP contribution in [-0.4, -0.2) is 0 Å². The van der Waals surface area contributed by atoms with Gasteiger partial charge in [0.1, 0.15) is 0 Å². The van der Waals surface area contributed by atoms with Crippen LogP contribution >= 0.6 is 11.3 Å². The third kappa shape index (κ3) is 3.28. The summed E-state index contributed by atoms with van der Waals surface area (Å²) in [7, 11) is 0. The Balaban J connectivity index is 1.36. The van der Waals surface area contributed by atoms with E-state index in [-0.39, 0.29) is 5.92 Å². The van der Waals surface area contributed by atoms with E-state index in [0.29, 0.717) is 5.92 Å². The summed E-state index contributed by atoms with van der Waals surface area (Å²) in [6.45, 7) is 0. The van der Waals surface area contributed by atoms with Gasteiger partial charge in [0.05, 0.1) is 0 Å². The monoisotopic (exact) mass is 488 g/mol. The van der Waals surface area contributed by atoms with Crippen LogP contribution in [0.3, 0.4) is 0 Å². The summed E-state index contributed by atoms with van der Waals surface area (Å²) in [5.74, 6) is 0.618. The molecule has 1 heteroatoms. The number of rotatable bonds is 2. The summed E-state index contributed by atoms with van der Waals surface area (Å²) >= 11 is 1.89. The highest BCUT2D eigenvalue weighted by Crippen LogP contribution is 2.42. The van der Waals surface area contributed by atoms with Gasteiger partial charge in [0.2, 0.25) is 0 Å². The number of fused-ring (bicyclic) bond motifs is 6. The van der Waals surface area contributed by atoms with Gasteiger partial charge in [-0.2, -0.15) is 0 Å². The lowest BCUT2D eigenvalue weighted by Crippen LogP contribution is -2.35. The van der Waals surface area contributed by atoms with E-state index in [1.165, 1.54) is 63.6 Å². The van der Waals surface area contributed by atoms with Gasteiger partial charge in [-0.3, -0.25) is 0 Å². The quantitative estimate of drug-likeness (QED) is 0.230. The summed E-state index contributed by atoms with van der Waals surface area (Å²) in [6, 6.07) is 38.3. The number of thiophene rings is 1. The van der Waals surface area contributed by atoms with E-state index >= 15 is 0 Å². The molecule has 0 radical (unpaired) electrons. The molecule has 0 saturated carbocycles. The first-order valence-electron chi connectivity index (χ1n) is 12.9. The summed E-state index contributed by atoms with van der Waals surface area (Å²) in [4.78, 5) is 0. The predicted molar refractivity (Wildman–Crippen MR) is 160 cm³/mol. The van der Waals surface area contributed by atoms with Crippen molar-refractivity contribution in [3.8, 4) is 11.1 Å². The van der Waals surface area contributed by atoms with Crippen molar-refractivity contribution in [2.45, 2.75) is 5.92 Å². The minimum absolute atomic E-state index is 0.281. The molecule has 0 N–H and O–H groups in total. The lowest BCUT2D eigenvalue weighted by molar-refractivity contribution is 0.747. The standard InChI is InChI=1S/C36H24S/c1-4-12-28-24(9-1)19-26(23-17-18-32-31-15-7-8-16-35(31)37-36(32)22-23)21-33(28)34-20-25-10-2-3-11-27(25)29-13-5-6-14-30(29)34/h1-22,30,34H. The Morgan fingerprint density at radius 3 is 2.35 bits per heavy atom. The molecule has 174 valence electrons. The van der Waals surface area contributed by atoms with Gasteiger partial charge in [0.15, 0.2) is 0 Å². The van der Waals surface area contributed by atoms with Crippen LogP contribution in [-0.2, 0) is 0 Å². The zero-order valence-electron chi connectivity index (χ0n) is 20.3. The van der Waals surface area contributed by atoms with E-state index in [9.17, 15) is 0 Å². The zero-order chi connectivity index (χ0) is 24.3. The number of benzene rings is 5. The largest absolute Gasteiger partial charge is 0.135 e. The van der Waals surface area contributed by atoms with Gasteiger partial charge in [-0.25, -0.2) is 0 Å². The van der Waals surface area contributed by atoms with Crippen LogP contribution in [0, 0.1) is 5.92 Å². The van der Waals surface area contributed by atoms with Gasteiger partial charge in [0, 0.05) is 32.0 Å². The molecule has 1 aromatic heterocycles. The van der Waals surface area contributed by atoms with Crippen LogP contribution in [0.2, 0.25) is 0 Å².